The van der Waals surface area contributed by atoms with E-state index >= 15 is 0 Å². The number of imidazole rings is 1. The van der Waals surface area contributed by atoms with E-state index < -0.39 is 0 Å². The number of likely N-dealkylation sites (N-methyl/N-ethyl adjacent to an activating group) is 1. The van der Waals surface area contributed by atoms with Gasteiger partial charge in [-0.15, -0.1) is 0 Å². The molecule has 1 amide bonds. The fraction of sp³-hybridized carbons (Fsp3) is 0.278. The van der Waals surface area contributed by atoms with Gasteiger partial charge in [0.15, 0.2) is 5.82 Å². The Balaban J connectivity index is 1.83. The van der Waals surface area contributed by atoms with Crippen molar-refractivity contribution in [2.75, 3.05) is 23.4 Å². The molecular weight excluding hydrogens is 330 g/mol. The number of fused-ring (bicyclic) bond motifs is 1. The summed E-state index contributed by atoms with van der Waals surface area (Å²) < 4.78 is 1.84. The monoisotopic (exact) mass is 349 g/mol. The van der Waals surface area contributed by atoms with Crippen LogP contribution in [0.5, 0.6) is 0 Å². The molecule has 4 heterocycles. The van der Waals surface area contributed by atoms with Crippen LogP contribution >= 0.6 is 0 Å². The molecule has 8 heteroatoms. The average molecular weight is 349 g/mol. The third-order valence-electron chi connectivity index (χ3n) is 4.47. The van der Waals surface area contributed by atoms with Crippen molar-refractivity contribution in [3.8, 4) is 17.3 Å². The van der Waals surface area contributed by atoms with E-state index in [2.05, 4.69) is 15.0 Å². The quantitative estimate of drug-likeness (QED) is 0.719. The number of anilines is 2. The number of carbonyl (C=O) groups excluding carboxylic acids is 1. The van der Waals surface area contributed by atoms with Crippen LogP contribution in [0, 0.1) is 0 Å². The number of rotatable bonds is 3. The minimum absolute atomic E-state index is 0.0302. The van der Waals surface area contributed by atoms with Crippen LogP contribution in [0.4, 0.5) is 11.5 Å². The number of hydrogen-bond acceptors (Lipinski definition) is 6. The topological polar surface area (TPSA) is 80.0 Å². The summed E-state index contributed by atoms with van der Waals surface area (Å²) in [7, 11) is 1.75. The van der Waals surface area contributed by atoms with Gasteiger partial charge in [-0.05, 0) is 26.0 Å². The Morgan fingerprint density at radius 2 is 1.88 bits per heavy atom. The van der Waals surface area contributed by atoms with E-state index in [1.165, 1.54) is 0 Å². The van der Waals surface area contributed by atoms with E-state index in [1.807, 2.05) is 41.6 Å². The molecule has 0 saturated carbocycles. The standard InChI is InChI=1S/C18H19N7O/c1-12(2)25-11-15(26)23(3)14-10-21-18(22-17(14)25)24-9-8-20-16(24)13-4-6-19-7-5-13/h4-10,12H,11H2,1-3H3. The molecule has 0 fully saturated rings. The second-order valence-corrected chi connectivity index (χ2v) is 6.41. The fourth-order valence-electron chi connectivity index (χ4n) is 2.99. The normalized spacial score (nSPS) is 14.1. The maximum atomic E-state index is 12.2. The molecule has 0 N–H and O–H groups in total. The molecule has 1 aliphatic heterocycles. The van der Waals surface area contributed by atoms with Crippen molar-refractivity contribution in [1.82, 2.24) is 24.5 Å². The molecule has 0 atom stereocenters. The van der Waals surface area contributed by atoms with E-state index in [1.54, 1.807) is 36.7 Å². The molecule has 0 saturated heterocycles. The minimum atomic E-state index is 0.0302. The maximum Gasteiger partial charge on any atom is 0.246 e. The first-order valence-corrected chi connectivity index (χ1v) is 8.40. The van der Waals surface area contributed by atoms with Gasteiger partial charge >= 0.3 is 0 Å². The molecule has 3 aromatic rings. The predicted molar refractivity (Wildman–Crippen MR) is 98.3 cm³/mol. The molecule has 0 bridgehead atoms. The van der Waals surface area contributed by atoms with Gasteiger partial charge in [-0.1, -0.05) is 0 Å². The summed E-state index contributed by atoms with van der Waals surface area (Å²) in [5.41, 5.74) is 1.64. The van der Waals surface area contributed by atoms with Gasteiger partial charge in [0.2, 0.25) is 11.9 Å². The van der Waals surface area contributed by atoms with E-state index in [-0.39, 0.29) is 11.9 Å². The van der Waals surface area contributed by atoms with Crippen LogP contribution in [0.3, 0.4) is 0 Å². The lowest BCUT2D eigenvalue weighted by atomic mass is 10.2. The van der Waals surface area contributed by atoms with Gasteiger partial charge in [-0.3, -0.25) is 14.3 Å². The van der Waals surface area contributed by atoms with Crippen molar-refractivity contribution in [3.63, 3.8) is 0 Å². The molecule has 0 aromatic carbocycles. The Kier molecular flexibility index (Phi) is 3.87. The summed E-state index contributed by atoms with van der Waals surface area (Å²) in [5, 5.41) is 0. The van der Waals surface area contributed by atoms with Crippen LogP contribution in [0.25, 0.3) is 17.3 Å². The zero-order chi connectivity index (χ0) is 18.3. The second-order valence-electron chi connectivity index (χ2n) is 6.41. The lowest BCUT2D eigenvalue weighted by Crippen LogP contribution is -2.47. The molecule has 26 heavy (non-hydrogen) atoms. The van der Waals surface area contributed by atoms with Gasteiger partial charge in [0.1, 0.15) is 11.5 Å². The Morgan fingerprint density at radius 3 is 2.62 bits per heavy atom. The van der Waals surface area contributed by atoms with E-state index in [4.69, 9.17) is 4.98 Å². The summed E-state index contributed by atoms with van der Waals surface area (Å²) in [6, 6.07) is 3.94. The Labute approximate surface area is 151 Å². The lowest BCUT2D eigenvalue weighted by molar-refractivity contribution is -0.117. The third kappa shape index (κ3) is 2.59. The van der Waals surface area contributed by atoms with Crippen molar-refractivity contribution in [2.24, 2.45) is 0 Å². The number of nitrogens with zero attached hydrogens (tertiary/aromatic N) is 7. The summed E-state index contributed by atoms with van der Waals surface area (Å²) in [6.45, 7) is 4.40. The number of pyridine rings is 1. The molecule has 132 valence electrons. The molecule has 1 aliphatic rings. The molecule has 0 aliphatic carbocycles. The molecule has 0 radical (unpaired) electrons. The second kappa shape index (κ2) is 6.21. The van der Waals surface area contributed by atoms with E-state index in [0.29, 0.717) is 18.2 Å². The number of aromatic nitrogens is 5. The van der Waals surface area contributed by atoms with Crippen molar-refractivity contribution in [1.29, 1.82) is 0 Å². The molecule has 8 nitrogen and oxygen atoms in total. The summed E-state index contributed by atoms with van der Waals surface area (Å²) in [4.78, 5) is 33.5. The highest BCUT2D eigenvalue weighted by Crippen LogP contribution is 2.32. The third-order valence-corrected chi connectivity index (χ3v) is 4.47. The van der Waals surface area contributed by atoms with Gasteiger partial charge in [-0.25, -0.2) is 9.97 Å². The average Bonchev–Trinajstić information content (AvgIpc) is 3.14. The zero-order valence-corrected chi connectivity index (χ0v) is 14.9. The molecule has 4 rings (SSSR count). The van der Waals surface area contributed by atoms with Crippen LogP contribution in [-0.4, -0.2) is 50.0 Å². The minimum Gasteiger partial charge on any atom is -0.343 e. The van der Waals surface area contributed by atoms with Crippen LogP contribution in [0.2, 0.25) is 0 Å². The maximum absolute atomic E-state index is 12.2. The first kappa shape index (κ1) is 16.2. The van der Waals surface area contributed by atoms with E-state index in [9.17, 15) is 4.79 Å². The summed E-state index contributed by atoms with van der Waals surface area (Å²) in [5.74, 6) is 2.04. The highest BCUT2D eigenvalue weighted by Gasteiger charge is 2.30. The van der Waals surface area contributed by atoms with Crippen molar-refractivity contribution in [3.05, 3.63) is 43.1 Å². The fourth-order valence-corrected chi connectivity index (χ4v) is 2.99. The van der Waals surface area contributed by atoms with Crippen LogP contribution < -0.4 is 9.80 Å². The first-order valence-electron chi connectivity index (χ1n) is 8.40. The van der Waals surface area contributed by atoms with Crippen LogP contribution in [0.1, 0.15) is 13.8 Å². The van der Waals surface area contributed by atoms with Crippen LogP contribution in [0.15, 0.2) is 43.1 Å². The Hall–Kier alpha value is -3.29. The highest BCUT2D eigenvalue weighted by molar-refractivity contribution is 6.01. The van der Waals surface area contributed by atoms with Gasteiger partial charge < -0.3 is 9.80 Å². The Morgan fingerprint density at radius 1 is 1.12 bits per heavy atom. The van der Waals surface area contributed by atoms with Crippen molar-refractivity contribution >= 4 is 17.4 Å². The highest BCUT2D eigenvalue weighted by atomic mass is 16.2. The molecular formula is C18H19N7O. The van der Waals surface area contributed by atoms with E-state index in [0.717, 1.165) is 17.2 Å². The molecule has 3 aromatic heterocycles. The summed E-state index contributed by atoms with van der Waals surface area (Å²) in [6.07, 6.45) is 8.69. The SMILES string of the molecule is CC(C)N1CC(=O)N(C)c2cnc(-n3ccnc3-c3ccncc3)nc21. The number of amides is 1. The number of carbonyl (C=O) groups is 1. The number of hydrogen-bond donors (Lipinski definition) is 0. The predicted octanol–water partition coefficient (Wildman–Crippen LogP) is 1.92. The van der Waals surface area contributed by atoms with Crippen molar-refractivity contribution in [2.45, 2.75) is 19.9 Å². The lowest BCUT2D eigenvalue weighted by Gasteiger charge is -2.36. The Bertz CT molecular complexity index is 951. The van der Waals surface area contributed by atoms with Gasteiger partial charge in [0.25, 0.3) is 0 Å². The molecule has 0 unspecified atom stereocenters. The van der Waals surface area contributed by atoms with Crippen LogP contribution in [-0.2, 0) is 4.79 Å². The molecule has 0 spiro atoms. The first-order chi connectivity index (χ1) is 12.6. The zero-order valence-electron chi connectivity index (χ0n) is 14.9. The smallest absolute Gasteiger partial charge is 0.246 e. The summed E-state index contributed by atoms with van der Waals surface area (Å²) >= 11 is 0. The van der Waals surface area contributed by atoms with Gasteiger partial charge in [0.05, 0.1) is 12.7 Å². The van der Waals surface area contributed by atoms with Gasteiger partial charge in [0, 0.05) is 43.4 Å². The van der Waals surface area contributed by atoms with Gasteiger partial charge in [-0.2, -0.15) is 4.98 Å². The van der Waals surface area contributed by atoms with Crippen molar-refractivity contribution < 1.29 is 4.79 Å². The largest absolute Gasteiger partial charge is 0.343 e.